The van der Waals surface area contributed by atoms with Crippen molar-refractivity contribution in [1.29, 1.82) is 0 Å². The van der Waals surface area contributed by atoms with Gasteiger partial charge in [0.1, 0.15) is 5.82 Å². The van der Waals surface area contributed by atoms with E-state index >= 15 is 0 Å². The standard InChI is InChI=1S/C19H24FNO2/c20-15-3-1-2-4-16(15)21-17(22)5-6-18-8-13-7-14(9-18)11-19(23,10-13)12-18/h1-4,13-14,23H,5-12H2,(H,21,22). The van der Waals surface area contributed by atoms with Gasteiger partial charge in [0.25, 0.3) is 0 Å². The third-order valence-corrected chi connectivity index (χ3v) is 6.18. The predicted molar refractivity (Wildman–Crippen MR) is 86.3 cm³/mol. The average Bonchev–Trinajstić information content (AvgIpc) is 2.45. The molecule has 4 aliphatic carbocycles. The predicted octanol–water partition coefficient (Wildman–Crippen LogP) is 3.88. The molecule has 1 aromatic carbocycles. The fourth-order valence-electron chi connectivity index (χ4n) is 5.85. The minimum atomic E-state index is -0.480. The number of benzene rings is 1. The van der Waals surface area contributed by atoms with Crippen molar-refractivity contribution in [2.75, 3.05) is 5.32 Å². The zero-order valence-corrected chi connectivity index (χ0v) is 13.4. The van der Waals surface area contributed by atoms with Crippen LogP contribution in [-0.2, 0) is 4.79 Å². The number of amides is 1. The van der Waals surface area contributed by atoms with Crippen molar-refractivity contribution in [3.8, 4) is 0 Å². The van der Waals surface area contributed by atoms with E-state index in [2.05, 4.69) is 5.32 Å². The van der Waals surface area contributed by atoms with Gasteiger partial charge in [0.05, 0.1) is 11.3 Å². The smallest absolute Gasteiger partial charge is 0.224 e. The summed E-state index contributed by atoms with van der Waals surface area (Å²) in [6.45, 7) is 0. The van der Waals surface area contributed by atoms with Gasteiger partial charge in [-0.15, -0.1) is 0 Å². The molecule has 0 saturated heterocycles. The van der Waals surface area contributed by atoms with Gasteiger partial charge >= 0.3 is 0 Å². The summed E-state index contributed by atoms with van der Waals surface area (Å²) in [4.78, 5) is 12.2. The highest BCUT2D eigenvalue weighted by Crippen LogP contribution is 2.63. The SMILES string of the molecule is O=C(CCC12CC3CC(CC(O)(C3)C1)C2)Nc1ccccc1F. The Kier molecular flexibility index (Phi) is 3.49. The van der Waals surface area contributed by atoms with Gasteiger partial charge in [-0.05, 0) is 74.3 Å². The molecule has 0 aliphatic heterocycles. The number of para-hydroxylation sites is 1. The van der Waals surface area contributed by atoms with Crippen LogP contribution < -0.4 is 5.32 Å². The van der Waals surface area contributed by atoms with Crippen molar-refractivity contribution in [2.45, 2.75) is 57.0 Å². The fraction of sp³-hybridized carbons (Fsp3) is 0.632. The minimum absolute atomic E-state index is 0.127. The maximum atomic E-state index is 13.6. The summed E-state index contributed by atoms with van der Waals surface area (Å²) in [6.07, 6.45) is 7.52. The lowest BCUT2D eigenvalue weighted by Gasteiger charge is -2.60. The highest BCUT2D eigenvalue weighted by Gasteiger charge is 2.56. The van der Waals surface area contributed by atoms with Gasteiger partial charge in [0.15, 0.2) is 0 Å². The molecule has 4 aliphatic rings. The Bertz CT molecular complexity index is 616. The third kappa shape index (κ3) is 2.89. The van der Waals surface area contributed by atoms with E-state index in [1.165, 1.54) is 12.5 Å². The number of hydrogen-bond donors (Lipinski definition) is 2. The van der Waals surface area contributed by atoms with Crippen LogP contribution in [0, 0.1) is 23.1 Å². The van der Waals surface area contributed by atoms with E-state index in [9.17, 15) is 14.3 Å². The summed E-state index contributed by atoms with van der Waals surface area (Å²) in [5.41, 5.74) is -0.0982. The first-order valence-electron chi connectivity index (χ1n) is 8.72. The zero-order valence-electron chi connectivity index (χ0n) is 13.4. The van der Waals surface area contributed by atoms with Crippen molar-refractivity contribution < 1.29 is 14.3 Å². The minimum Gasteiger partial charge on any atom is -0.390 e. The van der Waals surface area contributed by atoms with Crippen LogP contribution in [0.15, 0.2) is 24.3 Å². The van der Waals surface area contributed by atoms with Gasteiger partial charge in [-0.1, -0.05) is 12.1 Å². The molecule has 4 bridgehead atoms. The first kappa shape index (κ1) is 15.1. The van der Waals surface area contributed by atoms with Crippen LogP contribution in [0.1, 0.15) is 51.4 Å². The summed E-state index contributed by atoms with van der Waals surface area (Å²) in [5.74, 6) is 0.745. The summed E-state index contributed by atoms with van der Waals surface area (Å²) in [6, 6.07) is 6.26. The Balaban J connectivity index is 1.39. The van der Waals surface area contributed by atoms with E-state index < -0.39 is 11.4 Å². The van der Waals surface area contributed by atoms with E-state index in [0.29, 0.717) is 18.3 Å². The van der Waals surface area contributed by atoms with Crippen molar-refractivity contribution in [3.05, 3.63) is 30.1 Å². The Labute approximate surface area is 136 Å². The van der Waals surface area contributed by atoms with E-state index in [1.54, 1.807) is 18.2 Å². The molecule has 0 radical (unpaired) electrons. The summed E-state index contributed by atoms with van der Waals surface area (Å²) in [5, 5.41) is 13.4. The molecule has 2 unspecified atom stereocenters. The molecule has 3 nitrogen and oxygen atoms in total. The zero-order chi connectivity index (χ0) is 16.1. The highest BCUT2D eigenvalue weighted by atomic mass is 19.1. The monoisotopic (exact) mass is 317 g/mol. The van der Waals surface area contributed by atoms with Gasteiger partial charge in [0.2, 0.25) is 5.91 Å². The third-order valence-electron chi connectivity index (χ3n) is 6.18. The second kappa shape index (κ2) is 5.30. The Morgan fingerprint density at radius 3 is 2.57 bits per heavy atom. The van der Waals surface area contributed by atoms with Gasteiger partial charge in [-0.2, -0.15) is 0 Å². The molecule has 2 N–H and O–H groups in total. The quantitative estimate of drug-likeness (QED) is 0.885. The lowest BCUT2D eigenvalue weighted by molar-refractivity contribution is -0.166. The van der Waals surface area contributed by atoms with Crippen LogP contribution in [0.5, 0.6) is 0 Å². The number of aliphatic hydroxyl groups is 1. The summed E-state index contributed by atoms with van der Waals surface area (Å²) in [7, 11) is 0. The molecule has 2 atom stereocenters. The Morgan fingerprint density at radius 2 is 1.91 bits per heavy atom. The van der Waals surface area contributed by atoms with Crippen LogP contribution in [0.3, 0.4) is 0 Å². The van der Waals surface area contributed by atoms with Crippen molar-refractivity contribution >= 4 is 11.6 Å². The van der Waals surface area contributed by atoms with E-state index in [1.807, 2.05) is 0 Å². The number of hydrogen-bond acceptors (Lipinski definition) is 2. The van der Waals surface area contributed by atoms with Crippen LogP contribution >= 0.6 is 0 Å². The van der Waals surface area contributed by atoms with Gasteiger partial charge in [-0.25, -0.2) is 4.39 Å². The number of carbonyl (C=O) groups excluding carboxylic acids is 1. The molecule has 4 saturated carbocycles. The molecule has 23 heavy (non-hydrogen) atoms. The first-order chi connectivity index (χ1) is 11.0. The molecule has 124 valence electrons. The van der Waals surface area contributed by atoms with Gasteiger partial charge in [-0.3, -0.25) is 4.79 Å². The van der Waals surface area contributed by atoms with Crippen LogP contribution in [0.4, 0.5) is 10.1 Å². The molecule has 1 amide bonds. The van der Waals surface area contributed by atoms with Crippen LogP contribution in [0.2, 0.25) is 0 Å². The number of carbonyl (C=O) groups is 1. The second-order valence-electron chi connectivity index (χ2n) is 8.21. The van der Waals surface area contributed by atoms with E-state index in [-0.39, 0.29) is 17.0 Å². The lowest BCUT2D eigenvalue weighted by Crippen LogP contribution is -2.55. The first-order valence-corrected chi connectivity index (χ1v) is 8.72. The van der Waals surface area contributed by atoms with Gasteiger partial charge < -0.3 is 10.4 Å². The maximum Gasteiger partial charge on any atom is 0.224 e. The number of rotatable bonds is 4. The number of anilines is 1. The highest BCUT2D eigenvalue weighted by molar-refractivity contribution is 5.90. The number of halogens is 1. The topological polar surface area (TPSA) is 49.3 Å². The molecule has 5 rings (SSSR count). The molecule has 4 heteroatoms. The summed E-state index contributed by atoms with van der Waals surface area (Å²) >= 11 is 0. The average molecular weight is 317 g/mol. The van der Waals surface area contributed by atoms with Crippen LogP contribution in [0.25, 0.3) is 0 Å². The second-order valence-corrected chi connectivity index (χ2v) is 8.21. The normalized spacial score (nSPS) is 37.8. The largest absolute Gasteiger partial charge is 0.390 e. The lowest BCUT2D eigenvalue weighted by atomic mass is 9.47. The van der Waals surface area contributed by atoms with E-state index in [4.69, 9.17) is 0 Å². The molecule has 0 heterocycles. The molecule has 0 spiro atoms. The summed E-state index contributed by atoms with van der Waals surface area (Å²) < 4.78 is 13.6. The van der Waals surface area contributed by atoms with E-state index in [0.717, 1.165) is 38.5 Å². The molecular formula is C19H24FNO2. The van der Waals surface area contributed by atoms with Crippen LogP contribution in [-0.4, -0.2) is 16.6 Å². The van der Waals surface area contributed by atoms with Crippen molar-refractivity contribution in [3.63, 3.8) is 0 Å². The molecule has 1 aromatic rings. The molecule has 0 aromatic heterocycles. The maximum absolute atomic E-state index is 13.6. The Hall–Kier alpha value is -1.42. The molecule has 4 fully saturated rings. The van der Waals surface area contributed by atoms with Gasteiger partial charge in [0, 0.05) is 6.42 Å². The van der Waals surface area contributed by atoms with Crippen molar-refractivity contribution in [2.24, 2.45) is 17.3 Å². The molecular weight excluding hydrogens is 293 g/mol. The Morgan fingerprint density at radius 1 is 1.22 bits per heavy atom. The fourth-order valence-corrected chi connectivity index (χ4v) is 5.85. The number of nitrogens with one attached hydrogen (secondary N) is 1. The van der Waals surface area contributed by atoms with Crippen molar-refractivity contribution in [1.82, 2.24) is 0 Å².